The number of unbranched alkanes of at least 4 members (excludes halogenated alkanes) is 4. The molecule has 0 aliphatic carbocycles. The molecular formula is C10H20O2S. The van der Waals surface area contributed by atoms with Gasteiger partial charge in [-0.2, -0.15) is 0 Å². The van der Waals surface area contributed by atoms with Crippen molar-refractivity contribution < 1.29 is 8.42 Å². The standard InChI is InChI=1S/C10H20O2S/c1-2-3-4-5-6-7-10-8-9-13(10,11)12/h10H,2-9H2,1H3. The second-order valence-electron chi connectivity index (χ2n) is 3.98. The lowest BCUT2D eigenvalue weighted by molar-refractivity contribution is 0.515. The van der Waals surface area contributed by atoms with E-state index in [0.717, 1.165) is 19.3 Å². The van der Waals surface area contributed by atoms with Gasteiger partial charge in [-0.1, -0.05) is 39.0 Å². The zero-order chi connectivity index (χ0) is 9.73. The molecule has 1 aliphatic heterocycles. The molecule has 0 radical (unpaired) electrons. The van der Waals surface area contributed by atoms with Gasteiger partial charge in [0, 0.05) is 0 Å². The fraction of sp³-hybridized carbons (Fsp3) is 1.00. The van der Waals surface area contributed by atoms with E-state index in [1.165, 1.54) is 25.7 Å². The third-order valence-corrected chi connectivity index (χ3v) is 5.15. The quantitative estimate of drug-likeness (QED) is 0.623. The van der Waals surface area contributed by atoms with Crippen LogP contribution in [-0.2, 0) is 9.84 Å². The maximum Gasteiger partial charge on any atom is 0.153 e. The molecule has 0 saturated carbocycles. The van der Waals surface area contributed by atoms with Gasteiger partial charge in [0.2, 0.25) is 0 Å². The fourth-order valence-corrected chi connectivity index (χ4v) is 3.26. The van der Waals surface area contributed by atoms with Crippen molar-refractivity contribution >= 4 is 9.84 Å². The minimum Gasteiger partial charge on any atom is -0.229 e. The first-order chi connectivity index (χ1) is 6.17. The summed E-state index contributed by atoms with van der Waals surface area (Å²) in [5.74, 6) is 0.437. The maximum atomic E-state index is 11.1. The summed E-state index contributed by atoms with van der Waals surface area (Å²) in [6, 6.07) is 0. The molecule has 0 aromatic heterocycles. The summed E-state index contributed by atoms with van der Waals surface area (Å²) in [6.07, 6.45) is 7.94. The van der Waals surface area contributed by atoms with Crippen LogP contribution in [0.15, 0.2) is 0 Å². The van der Waals surface area contributed by atoms with Gasteiger partial charge in [-0.05, 0) is 12.8 Å². The predicted octanol–water partition coefficient (Wildman–Crippen LogP) is 2.53. The Morgan fingerprint density at radius 1 is 1.15 bits per heavy atom. The molecule has 0 aromatic carbocycles. The van der Waals surface area contributed by atoms with Gasteiger partial charge in [0.05, 0.1) is 11.0 Å². The Morgan fingerprint density at radius 2 is 1.85 bits per heavy atom. The van der Waals surface area contributed by atoms with Crippen LogP contribution in [0.2, 0.25) is 0 Å². The summed E-state index contributed by atoms with van der Waals surface area (Å²) in [7, 11) is -2.62. The van der Waals surface area contributed by atoms with Gasteiger partial charge in [0.1, 0.15) is 0 Å². The van der Waals surface area contributed by atoms with Gasteiger partial charge in [0.15, 0.2) is 9.84 Å². The normalized spacial score (nSPS) is 25.5. The van der Waals surface area contributed by atoms with E-state index in [-0.39, 0.29) is 5.25 Å². The number of sulfone groups is 1. The Bertz CT molecular complexity index is 231. The third kappa shape index (κ3) is 3.29. The fourth-order valence-electron chi connectivity index (χ4n) is 1.78. The van der Waals surface area contributed by atoms with E-state index in [9.17, 15) is 8.42 Å². The smallest absolute Gasteiger partial charge is 0.153 e. The first-order valence-electron chi connectivity index (χ1n) is 5.38. The molecule has 0 aromatic rings. The van der Waals surface area contributed by atoms with Crippen molar-refractivity contribution in [1.29, 1.82) is 0 Å². The molecule has 13 heavy (non-hydrogen) atoms. The van der Waals surface area contributed by atoms with E-state index < -0.39 is 9.84 Å². The summed E-state index contributed by atoms with van der Waals surface area (Å²) < 4.78 is 22.3. The van der Waals surface area contributed by atoms with Crippen LogP contribution >= 0.6 is 0 Å². The second kappa shape index (κ2) is 4.99. The van der Waals surface area contributed by atoms with E-state index in [1.807, 2.05) is 0 Å². The number of rotatable bonds is 6. The van der Waals surface area contributed by atoms with Crippen molar-refractivity contribution in [2.45, 2.75) is 57.1 Å². The molecule has 1 unspecified atom stereocenters. The molecule has 0 amide bonds. The lowest BCUT2D eigenvalue weighted by atomic mass is 10.1. The molecule has 1 atom stereocenters. The van der Waals surface area contributed by atoms with Crippen LogP contribution in [0.1, 0.15) is 51.9 Å². The van der Waals surface area contributed by atoms with Gasteiger partial charge in [-0.25, -0.2) is 8.42 Å². The highest BCUT2D eigenvalue weighted by Crippen LogP contribution is 2.25. The zero-order valence-corrected chi connectivity index (χ0v) is 9.28. The van der Waals surface area contributed by atoms with Crippen molar-refractivity contribution in [2.24, 2.45) is 0 Å². The van der Waals surface area contributed by atoms with Crippen LogP contribution in [0.4, 0.5) is 0 Å². The molecule has 0 bridgehead atoms. The predicted molar refractivity (Wildman–Crippen MR) is 55.6 cm³/mol. The lowest BCUT2D eigenvalue weighted by Crippen LogP contribution is -2.36. The highest BCUT2D eigenvalue weighted by atomic mass is 32.2. The van der Waals surface area contributed by atoms with Gasteiger partial charge in [-0.3, -0.25) is 0 Å². The topological polar surface area (TPSA) is 34.1 Å². The molecular weight excluding hydrogens is 184 g/mol. The average molecular weight is 204 g/mol. The van der Waals surface area contributed by atoms with E-state index >= 15 is 0 Å². The van der Waals surface area contributed by atoms with E-state index in [2.05, 4.69) is 6.92 Å². The Balaban J connectivity index is 2.01. The van der Waals surface area contributed by atoms with Gasteiger partial charge < -0.3 is 0 Å². The highest BCUT2D eigenvalue weighted by molar-refractivity contribution is 7.93. The minimum absolute atomic E-state index is 0.0223. The van der Waals surface area contributed by atoms with Crippen molar-refractivity contribution in [1.82, 2.24) is 0 Å². The summed E-state index contributed by atoms with van der Waals surface area (Å²) in [5.41, 5.74) is 0. The third-order valence-electron chi connectivity index (χ3n) is 2.86. The first kappa shape index (κ1) is 11.0. The molecule has 1 fully saturated rings. The molecule has 3 heteroatoms. The summed E-state index contributed by atoms with van der Waals surface area (Å²) in [6.45, 7) is 2.19. The first-order valence-corrected chi connectivity index (χ1v) is 7.10. The van der Waals surface area contributed by atoms with Gasteiger partial charge in [-0.15, -0.1) is 0 Å². The molecule has 1 saturated heterocycles. The highest BCUT2D eigenvalue weighted by Gasteiger charge is 2.34. The van der Waals surface area contributed by atoms with Gasteiger partial charge in [0.25, 0.3) is 0 Å². The molecule has 1 rings (SSSR count). The van der Waals surface area contributed by atoms with E-state index in [4.69, 9.17) is 0 Å². The van der Waals surface area contributed by atoms with E-state index in [0.29, 0.717) is 5.75 Å². The monoisotopic (exact) mass is 204 g/mol. The lowest BCUT2D eigenvalue weighted by Gasteiger charge is -2.25. The Kier molecular flexibility index (Phi) is 4.23. The molecule has 0 N–H and O–H groups in total. The van der Waals surface area contributed by atoms with Crippen molar-refractivity contribution in [2.75, 3.05) is 5.75 Å². The van der Waals surface area contributed by atoms with Crippen LogP contribution < -0.4 is 0 Å². The summed E-state index contributed by atoms with van der Waals surface area (Å²) in [4.78, 5) is 0. The zero-order valence-electron chi connectivity index (χ0n) is 8.46. The van der Waals surface area contributed by atoms with Crippen LogP contribution in [-0.4, -0.2) is 19.4 Å². The maximum absolute atomic E-state index is 11.1. The minimum atomic E-state index is -2.62. The van der Waals surface area contributed by atoms with Crippen molar-refractivity contribution in [3.05, 3.63) is 0 Å². The van der Waals surface area contributed by atoms with Crippen LogP contribution in [0.5, 0.6) is 0 Å². The average Bonchev–Trinajstić information content (AvgIpc) is 2.09. The van der Waals surface area contributed by atoms with E-state index in [1.54, 1.807) is 0 Å². The summed E-state index contributed by atoms with van der Waals surface area (Å²) in [5, 5.41) is 0.0223. The number of hydrogen-bond donors (Lipinski definition) is 0. The Morgan fingerprint density at radius 3 is 2.31 bits per heavy atom. The molecule has 2 nitrogen and oxygen atoms in total. The molecule has 1 aliphatic rings. The second-order valence-corrected chi connectivity index (χ2v) is 6.38. The van der Waals surface area contributed by atoms with Gasteiger partial charge >= 0.3 is 0 Å². The van der Waals surface area contributed by atoms with Crippen LogP contribution in [0, 0.1) is 0 Å². The largest absolute Gasteiger partial charge is 0.229 e. The summed E-state index contributed by atoms with van der Waals surface area (Å²) >= 11 is 0. The molecule has 0 spiro atoms. The number of hydrogen-bond acceptors (Lipinski definition) is 2. The Labute approximate surface area is 81.6 Å². The Hall–Kier alpha value is -0.0500. The van der Waals surface area contributed by atoms with Crippen molar-refractivity contribution in [3.8, 4) is 0 Å². The van der Waals surface area contributed by atoms with Crippen molar-refractivity contribution in [3.63, 3.8) is 0 Å². The molecule has 1 heterocycles. The van der Waals surface area contributed by atoms with Crippen LogP contribution in [0.25, 0.3) is 0 Å². The SMILES string of the molecule is CCCCCCCC1CCS1(=O)=O. The van der Waals surface area contributed by atoms with Crippen LogP contribution in [0.3, 0.4) is 0 Å². The molecule has 78 valence electrons.